The highest BCUT2D eigenvalue weighted by molar-refractivity contribution is 6.00. The van der Waals surface area contributed by atoms with E-state index in [0.29, 0.717) is 30.7 Å². The number of rotatable bonds is 10. The average Bonchev–Trinajstić information content (AvgIpc) is 3.49. The molecule has 1 aromatic heterocycles. The minimum Gasteiger partial charge on any atom is -0.497 e. The number of fused-ring (bicyclic) bond motifs is 1. The lowest BCUT2D eigenvalue weighted by molar-refractivity contribution is -0.127. The monoisotopic (exact) mass is 476 g/mol. The minimum atomic E-state index is -0.925. The van der Waals surface area contributed by atoms with Gasteiger partial charge in [-0.3, -0.25) is 14.4 Å². The van der Waals surface area contributed by atoms with Crippen LogP contribution < -0.4 is 20.7 Å². The number of ether oxygens (including phenoxy) is 1. The van der Waals surface area contributed by atoms with Crippen LogP contribution in [0, 0.1) is 5.92 Å². The Morgan fingerprint density at radius 3 is 2.63 bits per heavy atom. The molecule has 3 aromatic rings. The van der Waals surface area contributed by atoms with E-state index in [2.05, 4.69) is 20.9 Å². The minimum absolute atomic E-state index is 0.115. The number of benzene rings is 2. The Bertz CT molecular complexity index is 1220. The highest BCUT2D eigenvalue weighted by Crippen LogP contribution is 2.21. The van der Waals surface area contributed by atoms with Crippen molar-refractivity contribution in [3.05, 3.63) is 65.9 Å². The van der Waals surface area contributed by atoms with Gasteiger partial charge in [0.15, 0.2) is 0 Å². The van der Waals surface area contributed by atoms with Crippen LogP contribution in [0.15, 0.2) is 54.6 Å². The summed E-state index contributed by atoms with van der Waals surface area (Å²) in [5.41, 5.74) is 1.91. The van der Waals surface area contributed by atoms with E-state index in [1.165, 1.54) is 0 Å². The largest absolute Gasteiger partial charge is 0.497 e. The van der Waals surface area contributed by atoms with E-state index in [1.807, 2.05) is 42.5 Å². The van der Waals surface area contributed by atoms with Crippen molar-refractivity contribution in [1.29, 1.82) is 0 Å². The van der Waals surface area contributed by atoms with Gasteiger partial charge in [-0.2, -0.15) is 0 Å². The maximum atomic E-state index is 13.2. The highest BCUT2D eigenvalue weighted by Gasteiger charge is 2.30. The average molecular weight is 477 g/mol. The van der Waals surface area contributed by atoms with Gasteiger partial charge in [0.05, 0.1) is 13.2 Å². The normalized spacial score (nSPS) is 16.8. The molecular formula is C26H28N4O5. The third-order valence-electron chi connectivity index (χ3n) is 6.17. The summed E-state index contributed by atoms with van der Waals surface area (Å²) in [5, 5.41) is 9.03. The number of carbonyl (C=O) groups is 4. The fourth-order valence-electron chi connectivity index (χ4n) is 4.26. The molecule has 1 aliphatic rings. The molecule has 0 aliphatic carbocycles. The molecule has 0 saturated carbocycles. The summed E-state index contributed by atoms with van der Waals surface area (Å²) < 4.78 is 5.24. The lowest BCUT2D eigenvalue weighted by Gasteiger charge is -2.22. The van der Waals surface area contributed by atoms with Gasteiger partial charge in [-0.1, -0.05) is 30.3 Å². The number of aromatic amines is 1. The topological polar surface area (TPSA) is 129 Å². The van der Waals surface area contributed by atoms with Crippen LogP contribution in [-0.4, -0.2) is 54.7 Å². The number of aromatic nitrogens is 1. The number of nitrogens with one attached hydrogen (secondary N) is 4. The summed E-state index contributed by atoms with van der Waals surface area (Å²) >= 11 is 0. The molecule has 1 aliphatic heterocycles. The van der Waals surface area contributed by atoms with Gasteiger partial charge in [0.25, 0.3) is 5.91 Å². The van der Waals surface area contributed by atoms with Crippen LogP contribution in [0.3, 0.4) is 0 Å². The predicted octanol–water partition coefficient (Wildman–Crippen LogP) is 1.73. The number of hydrogen-bond acceptors (Lipinski definition) is 5. The zero-order chi connectivity index (χ0) is 24.8. The molecule has 2 aromatic carbocycles. The molecule has 182 valence electrons. The van der Waals surface area contributed by atoms with Crippen LogP contribution in [0.25, 0.3) is 10.9 Å². The van der Waals surface area contributed by atoms with Gasteiger partial charge in [0, 0.05) is 29.8 Å². The highest BCUT2D eigenvalue weighted by atomic mass is 16.5. The Morgan fingerprint density at radius 1 is 1.14 bits per heavy atom. The molecule has 4 rings (SSSR count). The van der Waals surface area contributed by atoms with Crippen molar-refractivity contribution in [1.82, 2.24) is 20.9 Å². The third-order valence-corrected chi connectivity index (χ3v) is 6.17. The number of methoxy groups -OCH3 is 1. The quantitative estimate of drug-likeness (QED) is 0.331. The number of carbonyl (C=O) groups excluding carboxylic acids is 4. The van der Waals surface area contributed by atoms with Gasteiger partial charge in [0.2, 0.25) is 11.8 Å². The molecule has 3 atom stereocenters. The molecule has 0 unspecified atom stereocenters. The predicted molar refractivity (Wildman–Crippen MR) is 130 cm³/mol. The zero-order valence-corrected chi connectivity index (χ0v) is 19.4. The molecule has 9 nitrogen and oxygen atoms in total. The van der Waals surface area contributed by atoms with Crippen LogP contribution in [0.2, 0.25) is 0 Å². The summed E-state index contributed by atoms with van der Waals surface area (Å²) in [6.45, 7) is 0.562. The van der Waals surface area contributed by atoms with E-state index in [1.54, 1.807) is 19.2 Å². The van der Waals surface area contributed by atoms with Crippen molar-refractivity contribution < 1.29 is 23.9 Å². The Hall–Kier alpha value is -4.14. The SMILES string of the molecule is COc1ccc2[nH]c(C(=O)N[C@@H](Cc3ccccc3)C(=O)N[C@H](C=O)C[C@@H]3CCNC3=O)cc2c1. The first-order chi connectivity index (χ1) is 17.0. The molecule has 2 heterocycles. The molecule has 1 fully saturated rings. The van der Waals surface area contributed by atoms with Gasteiger partial charge in [-0.05, 0) is 42.7 Å². The molecule has 3 amide bonds. The summed E-state index contributed by atoms with van der Waals surface area (Å²) in [7, 11) is 1.57. The molecule has 35 heavy (non-hydrogen) atoms. The molecule has 0 bridgehead atoms. The van der Waals surface area contributed by atoms with Crippen molar-refractivity contribution >= 4 is 34.9 Å². The second-order valence-corrected chi connectivity index (χ2v) is 8.62. The van der Waals surface area contributed by atoms with E-state index >= 15 is 0 Å². The lowest BCUT2D eigenvalue weighted by atomic mass is 9.98. The first-order valence-electron chi connectivity index (χ1n) is 11.5. The van der Waals surface area contributed by atoms with E-state index < -0.39 is 23.9 Å². The van der Waals surface area contributed by atoms with Crippen molar-refractivity contribution in [2.75, 3.05) is 13.7 Å². The first kappa shape index (κ1) is 24.0. The maximum Gasteiger partial charge on any atom is 0.268 e. The first-order valence-corrected chi connectivity index (χ1v) is 11.5. The number of amides is 3. The Labute approximate surface area is 202 Å². The summed E-state index contributed by atoms with van der Waals surface area (Å²) in [6, 6.07) is 14.6. The van der Waals surface area contributed by atoms with E-state index in [4.69, 9.17) is 4.74 Å². The van der Waals surface area contributed by atoms with Crippen molar-refractivity contribution in [2.45, 2.75) is 31.3 Å². The van der Waals surface area contributed by atoms with Crippen LogP contribution in [0.1, 0.15) is 28.9 Å². The molecule has 1 saturated heterocycles. The van der Waals surface area contributed by atoms with E-state index in [-0.39, 0.29) is 24.7 Å². The van der Waals surface area contributed by atoms with Crippen LogP contribution in [-0.2, 0) is 20.8 Å². The second-order valence-electron chi connectivity index (χ2n) is 8.62. The Morgan fingerprint density at radius 2 is 1.94 bits per heavy atom. The lowest BCUT2D eigenvalue weighted by Crippen LogP contribution is -2.51. The van der Waals surface area contributed by atoms with E-state index in [0.717, 1.165) is 16.5 Å². The van der Waals surface area contributed by atoms with Crippen molar-refractivity contribution in [2.24, 2.45) is 5.92 Å². The third kappa shape index (κ3) is 5.87. The van der Waals surface area contributed by atoms with Gasteiger partial charge >= 0.3 is 0 Å². The maximum absolute atomic E-state index is 13.2. The number of aldehydes is 1. The number of H-pyrrole nitrogens is 1. The van der Waals surface area contributed by atoms with E-state index in [9.17, 15) is 19.2 Å². The van der Waals surface area contributed by atoms with Gasteiger partial charge in [-0.25, -0.2) is 0 Å². The van der Waals surface area contributed by atoms with Gasteiger partial charge in [0.1, 0.15) is 23.8 Å². The van der Waals surface area contributed by atoms with Crippen molar-refractivity contribution in [3.63, 3.8) is 0 Å². The van der Waals surface area contributed by atoms with Crippen LogP contribution in [0.4, 0.5) is 0 Å². The molecule has 9 heteroatoms. The second kappa shape index (κ2) is 10.9. The molecule has 4 N–H and O–H groups in total. The Balaban J connectivity index is 1.50. The molecule has 0 radical (unpaired) electrons. The summed E-state index contributed by atoms with van der Waals surface area (Å²) in [5.74, 6) is -0.711. The van der Waals surface area contributed by atoms with Crippen molar-refractivity contribution in [3.8, 4) is 5.75 Å². The van der Waals surface area contributed by atoms with Crippen LogP contribution >= 0.6 is 0 Å². The van der Waals surface area contributed by atoms with Crippen LogP contribution in [0.5, 0.6) is 5.75 Å². The fraction of sp³-hybridized carbons (Fsp3) is 0.308. The molecular weight excluding hydrogens is 448 g/mol. The Kier molecular flexibility index (Phi) is 7.45. The standard InChI is InChI=1S/C26H28N4O5/c1-35-20-7-8-21-18(13-20)14-23(29-21)26(34)30-22(11-16-5-3-2-4-6-16)25(33)28-19(15-31)12-17-9-10-27-24(17)32/h2-8,13-15,17,19,22,29H,9-12H2,1H3,(H,27,32)(H,28,33)(H,30,34)/t17-,19-,22-/m0/s1. The fourth-order valence-corrected chi connectivity index (χ4v) is 4.26. The molecule has 0 spiro atoms. The number of hydrogen-bond donors (Lipinski definition) is 4. The van der Waals surface area contributed by atoms with Gasteiger partial charge in [-0.15, -0.1) is 0 Å². The summed E-state index contributed by atoms with van der Waals surface area (Å²) in [6.07, 6.45) is 1.71. The smallest absolute Gasteiger partial charge is 0.268 e. The zero-order valence-electron chi connectivity index (χ0n) is 19.4. The van der Waals surface area contributed by atoms with Gasteiger partial charge < -0.3 is 30.5 Å². The summed E-state index contributed by atoms with van der Waals surface area (Å²) in [4.78, 5) is 52.9.